The van der Waals surface area contributed by atoms with E-state index in [-0.39, 0.29) is 12.5 Å². The molecule has 1 aromatic carbocycles. The smallest absolute Gasteiger partial charge is 0.257 e. The lowest BCUT2D eigenvalue weighted by Gasteiger charge is -2.30. The lowest BCUT2D eigenvalue weighted by molar-refractivity contribution is -0.123. The van der Waals surface area contributed by atoms with Crippen molar-refractivity contribution in [1.29, 1.82) is 0 Å². The molecular weight excluding hydrogens is 266 g/mol. The van der Waals surface area contributed by atoms with E-state index >= 15 is 0 Å². The minimum absolute atomic E-state index is 0.0426. The molecule has 0 saturated carbocycles. The van der Waals surface area contributed by atoms with E-state index in [4.69, 9.17) is 10.5 Å². The molecular formula is C16H25N3O2. The predicted octanol–water partition coefficient (Wildman–Crippen LogP) is 1.50. The molecule has 1 heterocycles. The first-order chi connectivity index (χ1) is 10.1. The Kier molecular flexibility index (Phi) is 5.87. The molecule has 5 nitrogen and oxygen atoms in total. The Balaban J connectivity index is 1.58. The number of carbonyl (C=O) groups is 1. The van der Waals surface area contributed by atoms with Gasteiger partial charge in [0.15, 0.2) is 6.61 Å². The summed E-state index contributed by atoms with van der Waals surface area (Å²) in [7, 11) is 0. The average Bonchev–Trinajstić information content (AvgIpc) is 2.49. The SMILES string of the molecule is CC1CCN(CCNC(=O)COc2ccc(N)cc2)CC1. The summed E-state index contributed by atoms with van der Waals surface area (Å²) in [6.07, 6.45) is 2.52. The molecule has 1 amide bonds. The average molecular weight is 291 g/mol. The zero-order valence-corrected chi connectivity index (χ0v) is 12.7. The second kappa shape index (κ2) is 7.88. The number of likely N-dealkylation sites (tertiary alicyclic amines) is 1. The van der Waals surface area contributed by atoms with Gasteiger partial charge < -0.3 is 20.7 Å². The van der Waals surface area contributed by atoms with Crippen molar-refractivity contribution in [2.75, 3.05) is 38.5 Å². The van der Waals surface area contributed by atoms with Crippen molar-refractivity contribution in [1.82, 2.24) is 10.2 Å². The number of hydrogen-bond donors (Lipinski definition) is 2. The third-order valence-corrected chi connectivity index (χ3v) is 3.88. The van der Waals surface area contributed by atoms with Crippen LogP contribution in [-0.2, 0) is 4.79 Å². The Labute approximate surface area is 126 Å². The Bertz CT molecular complexity index is 439. The van der Waals surface area contributed by atoms with Crippen molar-refractivity contribution in [2.45, 2.75) is 19.8 Å². The minimum Gasteiger partial charge on any atom is -0.484 e. The molecule has 1 aliphatic heterocycles. The van der Waals surface area contributed by atoms with Gasteiger partial charge in [0.2, 0.25) is 0 Å². The molecule has 1 aromatic rings. The first-order valence-electron chi connectivity index (χ1n) is 7.61. The van der Waals surface area contributed by atoms with Crippen LogP contribution in [0.25, 0.3) is 0 Å². The highest BCUT2D eigenvalue weighted by atomic mass is 16.5. The number of hydrogen-bond acceptors (Lipinski definition) is 4. The predicted molar refractivity (Wildman–Crippen MR) is 84.2 cm³/mol. The number of carbonyl (C=O) groups excluding carboxylic acids is 1. The van der Waals surface area contributed by atoms with Crippen LogP contribution in [0.1, 0.15) is 19.8 Å². The number of amides is 1. The number of rotatable bonds is 6. The maximum absolute atomic E-state index is 11.7. The van der Waals surface area contributed by atoms with E-state index in [0.29, 0.717) is 18.0 Å². The molecule has 5 heteroatoms. The molecule has 0 bridgehead atoms. The number of nitrogens with zero attached hydrogens (tertiary/aromatic N) is 1. The van der Waals surface area contributed by atoms with Crippen LogP contribution in [0.5, 0.6) is 5.75 Å². The second-order valence-corrected chi connectivity index (χ2v) is 5.73. The van der Waals surface area contributed by atoms with Gasteiger partial charge in [-0.15, -0.1) is 0 Å². The van der Waals surface area contributed by atoms with Crippen LogP contribution in [0.4, 0.5) is 5.69 Å². The molecule has 1 fully saturated rings. The summed E-state index contributed by atoms with van der Waals surface area (Å²) < 4.78 is 5.40. The fraction of sp³-hybridized carbons (Fsp3) is 0.562. The van der Waals surface area contributed by atoms with Crippen molar-refractivity contribution in [3.8, 4) is 5.75 Å². The molecule has 0 atom stereocenters. The van der Waals surface area contributed by atoms with Crippen molar-refractivity contribution in [3.63, 3.8) is 0 Å². The second-order valence-electron chi connectivity index (χ2n) is 5.73. The van der Waals surface area contributed by atoms with Gasteiger partial charge in [-0.3, -0.25) is 4.79 Å². The molecule has 0 spiro atoms. The lowest BCUT2D eigenvalue weighted by Crippen LogP contribution is -2.40. The molecule has 3 N–H and O–H groups in total. The molecule has 1 saturated heterocycles. The number of anilines is 1. The van der Waals surface area contributed by atoms with Crippen LogP contribution in [-0.4, -0.2) is 43.6 Å². The van der Waals surface area contributed by atoms with Gasteiger partial charge in [-0.25, -0.2) is 0 Å². The van der Waals surface area contributed by atoms with Crippen LogP contribution in [0.3, 0.4) is 0 Å². The van der Waals surface area contributed by atoms with E-state index in [1.807, 2.05) is 0 Å². The number of nitrogen functional groups attached to an aromatic ring is 1. The fourth-order valence-corrected chi connectivity index (χ4v) is 2.40. The van der Waals surface area contributed by atoms with Crippen molar-refractivity contribution in [3.05, 3.63) is 24.3 Å². The van der Waals surface area contributed by atoms with Crippen LogP contribution >= 0.6 is 0 Å². The zero-order valence-electron chi connectivity index (χ0n) is 12.7. The third-order valence-electron chi connectivity index (χ3n) is 3.88. The molecule has 0 radical (unpaired) electrons. The number of nitrogens with one attached hydrogen (secondary N) is 1. The van der Waals surface area contributed by atoms with Gasteiger partial charge >= 0.3 is 0 Å². The van der Waals surface area contributed by atoms with E-state index in [1.165, 1.54) is 12.8 Å². The van der Waals surface area contributed by atoms with E-state index in [0.717, 1.165) is 25.6 Å². The summed E-state index contributed by atoms with van der Waals surface area (Å²) in [5, 5.41) is 2.89. The third kappa shape index (κ3) is 5.63. The van der Waals surface area contributed by atoms with Crippen molar-refractivity contribution >= 4 is 11.6 Å². The Hall–Kier alpha value is -1.75. The minimum atomic E-state index is -0.0859. The topological polar surface area (TPSA) is 67.6 Å². The normalized spacial score (nSPS) is 16.6. The highest BCUT2D eigenvalue weighted by Gasteiger charge is 2.15. The molecule has 116 valence electrons. The van der Waals surface area contributed by atoms with Gasteiger partial charge in [0.1, 0.15) is 5.75 Å². The Morgan fingerprint density at radius 2 is 2.00 bits per heavy atom. The summed E-state index contributed by atoms with van der Waals surface area (Å²) >= 11 is 0. The van der Waals surface area contributed by atoms with E-state index in [9.17, 15) is 4.79 Å². The molecule has 21 heavy (non-hydrogen) atoms. The number of ether oxygens (including phenoxy) is 1. The monoisotopic (exact) mass is 291 g/mol. The molecule has 2 rings (SSSR count). The van der Waals surface area contributed by atoms with E-state index < -0.39 is 0 Å². The zero-order chi connectivity index (χ0) is 15.1. The van der Waals surface area contributed by atoms with Gasteiger partial charge in [0, 0.05) is 18.8 Å². The summed E-state index contributed by atoms with van der Waals surface area (Å²) in [6.45, 7) is 6.21. The maximum Gasteiger partial charge on any atom is 0.257 e. The quantitative estimate of drug-likeness (QED) is 0.779. The van der Waals surface area contributed by atoms with Gasteiger partial charge in [-0.05, 0) is 56.1 Å². The lowest BCUT2D eigenvalue weighted by atomic mass is 9.99. The van der Waals surface area contributed by atoms with Gasteiger partial charge in [-0.2, -0.15) is 0 Å². The molecule has 0 unspecified atom stereocenters. The summed E-state index contributed by atoms with van der Waals surface area (Å²) in [4.78, 5) is 14.1. The van der Waals surface area contributed by atoms with E-state index in [2.05, 4.69) is 17.1 Å². The highest BCUT2D eigenvalue weighted by Crippen LogP contribution is 2.15. The first-order valence-corrected chi connectivity index (χ1v) is 7.61. The summed E-state index contributed by atoms with van der Waals surface area (Å²) in [6, 6.07) is 7.03. The van der Waals surface area contributed by atoms with Gasteiger partial charge in [-0.1, -0.05) is 6.92 Å². The van der Waals surface area contributed by atoms with Crippen LogP contribution < -0.4 is 15.8 Å². The summed E-state index contributed by atoms with van der Waals surface area (Å²) in [5.41, 5.74) is 6.27. The largest absolute Gasteiger partial charge is 0.484 e. The van der Waals surface area contributed by atoms with Crippen LogP contribution in [0.2, 0.25) is 0 Å². The standard InChI is InChI=1S/C16H25N3O2/c1-13-6-9-19(10-7-13)11-8-18-16(20)12-21-15-4-2-14(17)3-5-15/h2-5,13H,6-12,17H2,1H3,(H,18,20). The van der Waals surface area contributed by atoms with Crippen LogP contribution in [0.15, 0.2) is 24.3 Å². The summed E-state index contributed by atoms with van der Waals surface area (Å²) in [5.74, 6) is 1.41. The maximum atomic E-state index is 11.7. The van der Waals surface area contributed by atoms with Crippen LogP contribution in [0, 0.1) is 5.92 Å². The van der Waals surface area contributed by atoms with Gasteiger partial charge in [0.25, 0.3) is 5.91 Å². The fourth-order valence-electron chi connectivity index (χ4n) is 2.40. The highest BCUT2D eigenvalue weighted by molar-refractivity contribution is 5.77. The number of piperidine rings is 1. The number of benzene rings is 1. The van der Waals surface area contributed by atoms with Gasteiger partial charge in [0.05, 0.1) is 0 Å². The Morgan fingerprint density at radius 3 is 2.67 bits per heavy atom. The molecule has 0 aliphatic carbocycles. The first kappa shape index (κ1) is 15.6. The molecule has 1 aliphatic rings. The van der Waals surface area contributed by atoms with E-state index in [1.54, 1.807) is 24.3 Å². The van der Waals surface area contributed by atoms with Crippen molar-refractivity contribution < 1.29 is 9.53 Å². The number of nitrogens with two attached hydrogens (primary N) is 1. The Morgan fingerprint density at radius 1 is 1.33 bits per heavy atom. The molecule has 0 aromatic heterocycles. The van der Waals surface area contributed by atoms with Crippen molar-refractivity contribution in [2.24, 2.45) is 5.92 Å².